The maximum atomic E-state index is 11.8. The van der Waals surface area contributed by atoms with Gasteiger partial charge in [-0.05, 0) is 13.3 Å². The van der Waals surface area contributed by atoms with E-state index in [-0.39, 0.29) is 18.6 Å². The van der Waals surface area contributed by atoms with E-state index in [9.17, 15) is 9.90 Å². The van der Waals surface area contributed by atoms with Crippen molar-refractivity contribution < 1.29 is 14.6 Å². The molecule has 1 saturated heterocycles. The van der Waals surface area contributed by atoms with Gasteiger partial charge in [-0.15, -0.1) is 11.8 Å². The predicted octanol–water partition coefficient (Wildman–Crippen LogP) is 7.05. The molecule has 0 aromatic heterocycles. The minimum atomic E-state index is -0.548. The van der Waals surface area contributed by atoms with Gasteiger partial charge in [-0.2, -0.15) is 0 Å². The number of rotatable bonds is 19. The molecule has 1 fully saturated rings. The average Bonchev–Trinajstić information content (AvgIpc) is 2.69. The third-order valence-corrected chi connectivity index (χ3v) is 7.69. The normalized spacial score (nSPS) is 21.0. The number of nitrogens with one attached hydrogen (secondary N) is 1. The van der Waals surface area contributed by atoms with Crippen LogP contribution >= 0.6 is 11.8 Å². The summed E-state index contributed by atoms with van der Waals surface area (Å²) in [6.45, 7) is 4.93. The van der Waals surface area contributed by atoms with Crippen molar-refractivity contribution in [1.29, 1.82) is 0 Å². The number of aliphatic hydroxyl groups excluding tert-OH is 1. The lowest BCUT2D eigenvalue weighted by Crippen LogP contribution is -2.50. The summed E-state index contributed by atoms with van der Waals surface area (Å²) in [4.78, 5) is 11.3. The summed E-state index contributed by atoms with van der Waals surface area (Å²) < 4.78 is 5.46. The van der Waals surface area contributed by atoms with Crippen LogP contribution in [0.25, 0.3) is 0 Å². The summed E-state index contributed by atoms with van der Waals surface area (Å²) in [6, 6.07) is 0. The monoisotopic (exact) mass is 429 g/mol. The molecule has 29 heavy (non-hydrogen) atoms. The highest BCUT2D eigenvalue weighted by Gasteiger charge is 2.46. The van der Waals surface area contributed by atoms with Gasteiger partial charge in [-0.25, -0.2) is 4.79 Å². The number of amides is 1. The van der Waals surface area contributed by atoms with Gasteiger partial charge in [0.05, 0.1) is 6.61 Å². The van der Waals surface area contributed by atoms with Gasteiger partial charge in [0.1, 0.15) is 0 Å². The van der Waals surface area contributed by atoms with E-state index in [2.05, 4.69) is 12.2 Å². The highest BCUT2D eigenvalue weighted by molar-refractivity contribution is 8.01. The summed E-state index contributed by atoms with van der Waals surface area (Å²) in [6.07, 6.45) is 21.3. The van der Waals surface area contributed by atoms with Gasteiger partial charge in [-0.1, -0.05) is 103 Å². The zero-order valence-corrected chi connectivity index (χ0v) is 20.0. The van der Waals surface area contributed by atoms with E-state index in [0.717, 1.165) is 12.2 Å². The van der Waals surface area contributed by atoms with Gasteiger partial charge >= 0.3 is 6.09 Å². The summed E-state index contributed by atoms with van der Waals surface area (Å²) in [5, 5.41) is 12.1. The quantitative estimate of drug-likeness (QED) is 0.216. The van der Waals surface area contributed by atoms with Crippen LogP contribution in [-0.2, 0) is 4.74 Å². The van der Waals surface area contributed by atoms with E-state index in [4.69, 9.17) is 4.74 Å². The van der Waals surface area contributed by atoms with Crippen LogP contribution < -0.4 is 5.32 Å². The van der Waals surface area contributed by atoms with Gasteiger partial charge in [0.15, 0.2) is 4.93 Å². The number of hydrogen-bond donors (Lipinski definition) is 2. The fourth-order valence-electron chi connectivity index (χ4n) is 3.85. The number of carbonyl (C=O) groups excluding carboxylic acids is 1. The van der Waals surface area contributed by atoms with Crippen LogP contribution in [0.2, 0.25) is 0 Å². The molecule has 0 aliphatic carbocycles. The van der Waals surface area contributed by atoms with E-state index in [1.807, 2.05) is 6.92 Å². The first-order valence-electron chi connectivity index (χ1n) is 12.3. The van der Waals surface area contributed by atoms with Crippen molar-refractivity contribution in [2.24, 2.45) is 5.92 Å². The molecule has 1 heterocycles. The summed E-state index contributed by atoms with van der Waals surface area (Å²) >= 11 is 1.59. The lowest BCUT2D eigenvalue weighted by molar-refractivity contribution is 0.0213. The van der Waals surface area contributed by atoms with Crippen molar-refractivity contribution in [1.82, 2.24) is 5.32 Å². The first-order valence-corrected chi connectivity index (χ1v) is 13.3. The number of aliphatic hydroxyl groups is 1. The van der Waals surface area contributed by atoms with Crippen molar-refractivity contribution in [3.05, 3.63) is 0 Å². The van der Waals surface area contributed by atoms with Gasteiger partial charge in [0.2, 0.25) is 0 Å². The Kier molecular flexibility index (Phi) is 15.9. The third kappa shape index (κ3) is 12.8. The minimum Gasteiger partial charge on any atom is -0.432 e. The SMILES string of the molecule is CCCCCCCCCCCCCCCCCCNC(=O)OC1(C)SCC1CO. The second-order valence-corrected chi connectivity index (χ2v) is 10.3. The Bertz CT molecular complexity index is 406. The smallest absolute Gasteiger partial charge is 0.408 e. The Morgan fingerprint density at radius 2 is 1.34 bits per heavy atom. The lowest BCUT2D eigenvalue weighted by Gasteiger charge is -2.43. The highest BCUT2D eigenvalue weighted by Crippen LogP contribution is 2.46. The number of hydrogen-bond acceptors (Lipinski definition) is 4. The van der Waals surface area contributed by atoms with Crippen molar-refractivity contribution in [3.63, 3.8) is 0 Å². The topological polar surface area (TPSA) is 58.6 Å². The van der Waals surface area contributed by atoms with E-state index >= 15 is 0 Å². The predicted molar refractivity (Wildman–Crippen MR) is 125 cm³/mol. The molecular formula is C24H47NO3S. The molecule has 172 valence electrons. The molecule has 2 unspecified atom stereocenters. The van der Waals surface area contributed by atoms with Crippen molar-refractivity contribution in [3.8, 4) is 0 Å². The van der Waals surface area contributed by atoms with Crippen LogP contribution in [0.5, 0.6) is 0 Å². The van der Waals surface area contributed by atoms with Crippen molar-refractivity contribution in [2.75, 3.05) is 18.9 Å². The molecule has 2 atom stereocenters. The van der Waals surface area contributed by atoms with Gasteiger partial charge in [-0.3, -0.25) is 0 Å². The largest absolute Gasteiger partial charge is 0.432 e. The van der Waals surface area contributed by atoms with E-state index in [1.54, 1.807) is 11.8 Å². The van der Waals surface area contributed by atoms with Crippen molar-refractivity contribution >= 4 is 17.9 Å². The van der Waals surface area contributed by atoms with E-state index < -0.39 is 4.93 Å². The molecule has 5 heteroatoms. The van der Waals surface area contributed by atoms with Gasteiger partial charge in [0, 0.05) is 18.2 Å². The van der Waals surface area contributed by atoms with Crippen LogP contribution in [0.15, 0.2) is 0 Å². The maximum absolute atomic E-state index is 11.8. The molecule has 1 rings (SSSR count). The fraction of sp³-hybridized carbons (Fsp3) is 0.958. The lowest BCUT2D eigenvalue weighted by atomic mass is 10.0. The van der Waals surface area contributed by atoms with Crippen molar-refractivity contribution in [2.45, 2.75) is 122 Å². The molecule has 0 radical (unpaired) electrons. The molecule has 1 amide bonds. The molecule has 1 aliphatic rings. The minimum absolute atomic E-state index is 0.0637. The van der Waals surface area contributed by atoms with Gasteiger partial charge < -0.3 is 15.2 Å². The summed E-state index contributed by atoms with van der Waals surface area (Å²) in [7, 11) is 0. The fourth-order valence-corrected chi connectivity index (χ4v) is 5.04. The highest BCUT2D eigenvalue weighted by atomic mass is 32.2. The number of thioether (sulfide) groups is 1. The van der Waals surface area contributed by atoms with Crippen LogP contribution in [0, 0.1) is 5.92 Å². The second-order valence-electron chi connectivity index (χ2n) is 8.83. The van der Waals surface area contributed by atoms with Crippen LogP contribution in [0.1, 0.15) is 117 Å². The number of alkyl carbamates (subject to hydrolysis) is 1. The number of carbonyl (C=O) groups is 1. The Labute approximate surface area is 184 Å². The Morgan fingerprint density at radius 1 is 0.897 bits per heavy atom. The standard InChI is InChI=1S/C24H47NO3S/c1-3-4-5-6-7-8-9-10-11-12-13-14-15-16-17-18-19-25-23(27)28-24(2)22(20-26)21-29-24/h22,26H,3-21H2,1-2H3,(H,25,27). The second kappa shape index (κ2) is 17.3. The molecule has 1 aliphatic heterocycles. The summed E-state index contributed by atoms with van der Waals surface area (Å²) in [5.74, 6) is 0.924. The number of unbranched alkanes of at least 4 members (excludes halogenated alkanes) is 15. The molecule has 0 aromatic carbocycles. The Balaban J connectivity index is 1.76. The maximum Gasteiger partial charge on any atom is 0.408 e. The molecule has 0 saturated carbocycles. The van der Waals surface area contributed by atoms with Crippen LogP contribution in [0.3, 0.4) is 0 Å². The van der Waals surface area contributed by atoms with Gasteiger partial charge in [0.25, 0.3) is 0 Å². The van der Waals surface area contributed by atoms with E-state index in [1.165, 1.54) is 96.3 Å². The van der Waals surface area contributed by atoms with Crippen LogP contribution in [-0.4, -0.2) is 35.0 Å². The molecule has 0 spiro atoms. The molecule has 0 aromatic rings. The number of ether oxygens (including phenoxy) is 1. The Hall–Kier alpha value is -0.420. The zero-order chi connectivity index (χ0) is 21.2. The van der Waals surface area contributed by atoms with E-state index in [0.29, 0.717) is 6.54 Å². The van der Waals surface area contributed by atoms with Crippen LogP contribution in [0.4, 0.5) is 4.79 Å². The third-order valence-electron chi connectivity index (χ3n) is 6.13. The summed E-state index contributed by atoms with van der Waals surface area (Å²) in [5.41, 5.74) is 0. The molecule has 0 bridgehead atoms. The Morgan fingerprint density at radius 3 is 1.72 bits per heavy atom. The molecular weight excluding hydrogens is 382 g/mol. The molecule has 2 N–H and O–H groups in total. The first-order chi connectivity index (χ1) is 14.1. The molecule has 4 nitrogen and oxygen atoms in total. The first kappa shape index (κ1) is 26.6. The average molecular weight is 430 g/mol. The zero-order valence-electron chi connectivity index (χ0n) is 19.2.